The first-order valence-electron chi connectivity index (χ1n) is 4.61. The van der Waals surface area contributed by atoms with E-state index in [1.54, 1.807) is 24.3 Å². The van der Waals surface area contributed by atoms with Crippen LogP contribution in [0.3, 0.4) is 0 Å². The molecule has 2 aromatic carbocycles. The number of phenols is 1. The Bertz CT molecular complexity index is 486. The number of nitrogens with two attached hydrogens (primary N) is 2. The highest BCUT2D eigenvalue weighted by Crippen LogP contribution is 2.28. The molecule has 3 nitrogen and oxygen atoms in total. The van der Waals surface area contributed by atoms with Gasteiger partial charge in [0, 0.05) is 16.9 Å². The Morgan fingerprint density at radius 3 is 1.94 bits per heavy atom. The molecule has 5 N–H and O–H groups in total. The quantitative estimate of drug-likeness (QED) is 0.699. The summed E-state index contributed by atoms with van der Waals surface area (Å²) in [6.07, 6.45) is 0. The molecule has 0 unspecified atom stereocenters. The maximum absolute atomic E-state index is 9.17. The van der Waals surface area contributed by atoms with Gasteiger partial charge in [0.15, 0.2) is 0 Å². The summed E-state index contributed by atoms with van der Waals surface area (Å²) in [5.41, 5.74) is 14.6. The first-order chi connectivity index (χ1) is 7.16. The summed E-state index contributed by atoms with van der Waals surface area (Å²) in [6, 6.07) is 12.3. The number of rotatable bonds is 1. The fraction of sp³-hybridized carbons (Fsp3) is 0. The molecule has 2 aromatic rings. The van der Waals surface area contributed by atoms with E-state index < -0.39 is 0 Å². The third-order valence-electron chi connectivity index (χ3n) is 2.25. The predicted octanol–water partition coefficient (Wildman–Crippen LogP) is 3.07. The van der Waals surface area contributed by atoms with Crippen LogP contribution in [0.4, 0.5) is 11.4 Å². The zero-order valence-electron chi connectivity index (χ0n) is 8.96. The van der Waals surface area contributed by atoms with Crippen LogP contribution in [0.5, 0.6) is 5.75 Å². The molecule has 0 radical (unpaired) electrons. The van der Waals surface area contributed by atoms with Crippen LogP contribution in [-0.4, -0.2) is 5.11 Å². The van der Waals surface area contributed by atoms with Crippen molar-refractivity contribution in [1.29, 1.82) is 0 Å². The molecule has 0 aliphatic rings. The van der Waals surface area contributed by atoms with Gasteiger partial charge in [-0.2, -0.15) is 0 Å². The van der Waals surface area contributed by atoms with E-state index in [1.165, 1.54) is 0 Å². The second kappa shape index (κ2) is 6.23. The largest absolute Gasteiger partial charge is 0.508 e. The topological polar surface area (TPSA) is 72.3 Å². The van der Waals surface area contributed by atoms with Gasteiger partial charge < -0.3 is 16.6 Å². The molecule has 0 spiro atoms. The number of hydrogen-bond acceptors (Lipinski definition) is 3. The van der Waals surface area contributed by atoms with E-state index in [0.717, 1.165) is 11.1 Å². The van der Waals surface area contributed by atoms with Crippen molar-refractivity contribution in [2.75, 3.05) is 11.5 Å². The van der Waals surface area contributed by atoms with Gasteiger partial charge in [0.25, 0.3) is 0 Å². The van der Waals surface area contributed by atoms with Gasteiger partial charge in [0.2, 0.25) is 0 Å². The summed E-state index contributed by atoms with van der Waals surface area (Å²) >= 11 is 0. The van der Waals surface area contributed by atoms with Crippen LogP contribution in [0.25, 0.3) is 11.1 Å². The van der Waals surface area contributed by atoms with Gasteiger partial charge in [-0.15, -0.1) is 24.8 Å². The van der Waals surface area contributed by atoms with Gasteiger partial charge in [0.05, 0.1) is 0 Å². The van der Waals surface area contributed by atoms with E-state index in [2.05, 4.69) is 0 Å². The van der Waals surface area contributed by atoms with Crippen molar-refractivity contribution in [1.82, 2.24) is 0 Å². The molecule has 0 fully saturated rings. The summed E-state index contributed by atoms with van der Waals surface area (Å²) in [4.78, 5) is 0. The SMILES string of the molecule is Cl.Cl.Nc1ccc(-c2ccc(O)cc2)c(N)c1. The highest BCUT2D eigenvalue weighted by Gasteiger charge is 2.02. The van der Waals surface area contributed by atoms with Crippen molar-refractivity contribution in [2.45, 2.75) is 0 Å². The van der Waals surface area contributed by atoms with E-state index in [9.17, 15) is 0 Å². The Kier molecular flexibility index (Phi) is 5.65. The zero-order valence-corrected chi connectivity index (χ0v) is 10.6. The molecular weight excluding hydrogens is 259 g/mol. The normalized spacial score (nSPS) is 8.94. The van der Waals surface area contributed by atoms with Crippen LogP contribution >= 0.6 is 24.8 Å². The molecule has 0 aliphatic carbocycles. The second-order valence-electron chi connectivity index (χ2n) is 3.39. The highest BCUT2D eigenvalue weighted by atomic mass is 35.5. The van der Waals surface area contributed by atoms with Crippen LogP contribution in [-0.2, 0) is 0 Å². The van der Waals surface area contributed by atoms with Crippen molar-refractivity contribution in [3.05, 3.63) is 42.5 Å². The minimum atomic E-state index is 0. The molecule has 0 bridgehead atoms. The van der Waals surface area contributed by atoms with Gasteiger partial charge in [-0.3, -0.25) is 0 Å². The Morgan fingerprint density at radius 2 is 1.41 bits per heavy atom. The number of hydrogen-bond donors (Lipinski definition) is 3. The van der Waals surface area contributed by atoms with Gasteiger partial charge in [-0.05, 0) is 29.8 Å². The molecule has 92 valence electrons. The fourth-order valence-electron chi connectivity index (χ4n) is 1.49. The Morgan fingerprint density at radius 1 is 0.824 bits per heavy atom. The van der Waals surface area contributed by atoms with Gasteiger partial charge >= 0.3 is 0 Å². The second-order valence-corrected chi connectivity index (χ2v) is 3.39. The molecular formula is C12H14Cl2N2O. The minimum Gasteiger partial charge on any atom is -0.508 e. The third-order valence-corrected chi connectivity index (χ3v) is 2.25. The molecule has 0 heterocycles. The lowest BCUT2D eigenvalue weighted by Gasteiger charge is -2.06. The first kappa shape index (κ1) is 15.4. The molecule has 17 heavy (non-hydrogen) atoms. The smallest absolute Gasteiger partial charge is 0.115 e. The third kappa shape index (κ3) is 3.44. The van der Waals surface area contributed by atoms with Crippen LogP contribution < -0.4 is 11.5 Å². The van der Waals surface area contributed by atoms with Crippen LogP contribution in [0.15, 0.2) is 42.5 Å². The predicted molar refractivity (Wildman–Crippen MR) is 76.9 cm³/mol. The minimum absolute atomic E-state index is 0. The van der Waals surface area contributed by atoms with Gasteiger partial charge in [-0.25, -0.2) is 0 Å². The highest BCUT2D eigenvalue weighted by molar-refractivity contribution is 5.85. The maximum atomic E-state index is 9.17. The molecule has 0 saturated heterocycles. The number of anilines is 2. The van der Waals surface area contributed by atoms with E-state index >= 15 is 0 Å². The van der Waals surface area contributed by atoms with Gasteiger partial charge in [0.1, 0.15) is 5.75 Å². The van der Waals surface area contributed by atoms with E-state index in [0.29, 0.717) is 11.4 Å². The number of phenolic OH excluding ortho intramolecular Hbond substituents is 1. The summed E-state index contributed by atoms with van der Waals surface area (Å²) in [7, 11) is 0. The fourth-order valence-corrected chi connectivity index (χ4v) is 1.49. The average Bonchev–Trinajstić information content (AvgIpc) is 2.20. The van der Waals surface area contributed by atoms with Crippen molar-refractivity contribution < 1.29 is 5.11 Å². The molecule has 0 amide bonds. The van der Waals surface area contributed by atoms with Crippen molar-refractivity contribution in [3.8, 4) is 16.9 Å². The molecule has 2 rings (SSSR count). The Balaban J connectivity index is 0.00000128. The first-order valence-corrected chi connectivity index (χ1v) is 4.61. The summed E-state index contributed by atoms with van der Waals surface area (Å²) in [5.74, 6) is 0.243. The van der Waals surface area contributed by atoms with Gasteiger partial charge in [-0.1, -0.05) is 18.2 Å². The zero-order chi connectivity index (χ0) is 10.8. The monoisotopic (exact) mass is 272 g/mol. The number of halogens is 2. The van der Waals surface area contributed by atoms with E-state index in [-0.39, 0.29) is 30.6 Å². The van der Waals surface area contributed by atoms with Crippen molar-refractivity contribution in [3.63, 3.8) is 0 Å². The molecule has 5 heteroatoms. The number of nitrogen functional groups attached to an aromatic ring is 2. The molecule has 0 aromatic heterocycles. The lowest BCUT2D eigenvalue weighted by molar-refractivity contribution is 0.475. The Labute approximate surface area is 112 Å². The lowest BCUT2D eigenvalue weighted by Crippen LogP contribution is -1.92. The standard InChI is InChI=1S/C12H12N2O.2ClH/c13-9-3-6-11(12(14)7-9)8-1-4-10(15)5-2-8;;/h1-7,15H,13-14H2;2*1H. The summed E-state index contributed by atoms with van der Waals surface area (Å²) in [6.45, 7) is 0. The molecule has 0 saturated carbocycles. The summed E-state index contributed by atoms with van der Waals surface area (Å²) < 4.78 is 0. The number of aromatic hydroxyl groups is 1. The molecule has 0 atom stereocenters. The lowest BCUT2D eigenvalue weighted by atomic mass is 10.0. The van der Waals surface area contributed by atoms with Crippen LogP contribution in [0.2, 0.25) is 0 Å². The van der Waals surface area contributed by atoms with Crippen LogP contribution in [0, 0.1) is 0 Å². The van der Waals surface area contributed by atoms with Crippen molar-refractivity contribution in [2.24, 2.45) is 0 Å². The average molecular weight is 273 g/mol. The Hall–Kier alpha value is -1.58. The summed E-state index contributed by atoms with van der Waals surface area (Å²) in [5, 5.41) is 9.17. The van der Waals surface area contributed by atoms with Crippen LogP contribution in [0.1, 0.15) is 0 Å². The van der Waals surface area contributed by atoms with Crippen molar-refractivity contribution >= 4 is 36.2 Å². The maximum Gasteiger partial charge on any atom is 0.115 e. The number of benzene rings is 2. The molecule has 0 aliphatic heterocycles. The van der Waals surface area contributed by atoms with E-state index in [4.69, 9.17) is 16.6 Å². The van der Waals surface area contributed by atoms with E-state index in [1.807, 2.05) is 18.2 Å².